The van der Waals surface area contributed by atoms with E-state index in [0.29, 0.717) is 6.42 Å². The Morgan fingerprint density at radius 3 is 2.35 bits per heavy atom. The molecule has 0 unspecified atom stereocenters. The van der Waals surface area contributed by atoms with Crippen molar-refractivity contribution in [2.75, 3.05) is 0 Å². The second kappa shape index (κ2) is 7.81. The third-order valence-electron chi connectivity index (χ3n) is 2.75. The van der Waals surface area contributed by atoms with Crippen LogP contribution in [0.5, 0.6) is 0 Å². The van der Waals surface area contributed by atoms with E-state index in [9.17, 15) is 19.8 Å². The van der Waals surface area contributed by atoms with E-state index in [1.807, 2.05) is 0 Å². The van der Waals surface area contributed by atoms with Crippen LogP contribution in [0.25, 0.3) is 0 Å². The molecular formula is C14H20O6. The van der Waals surface area contributed by atoms with Gasteiger partial charge in [-0.25, -0.2) is 9.59 Å². The van der Waals surface area contributed by atoms with Crippen molar-refractivity contribution in [3.8, 4) is 0 Å². The third-order valence-corrected chi connectivity index (χ3v) is 2.75. The van der Waals surface area contributed by atoms with E-state index < -0.39 is 36.4 Å². The Morgan fingerprint density at radius 1 is 1.05 bits per heavy atom. The predicted octanol–water partition coefficient (Wildman–Crippen LogP) is 0.478. The number of carbonyl (C=O) groups is 2. The van der Waals surface area contributed by atoms with Crippen LogP contribution >= 0.6 is 0 Å². The van der Waals surface area contributed by atoms with Crippen LogP contribution in [0.15, 0.2) is 24.3 Å². The summed E-state index contributed by atoms with van der Waals surface area (Å²) < 4.78 is 10.1. The first-order chi connectivity index (χ1) is 9.38. The molecule has 4 atom stereocenters. The molecule has 1 heterocycles. The lowest BCUT2D eigenvalue weighted by Crippen LogP contribution is -2.29. The number of hydrogen-bond donors (Lipinski definition) is 2. The van der Waals surface area contributed by atoms with Gasteiger partial charge in [-0.05, 0) is 19.9 Å². The zero-order chi connectivity index (χ0) is 15.1. The van der Waals surface area contributed by atoms with Crippen LogP contribution < -0.4 is 0 Å². The molecule has 1 aliphatic heterocycles. The molecule has 0 aromatic heterocycles. The highest BCUT2D eigenvalue weighted by Gasteiger charge is 2.19. The number of cyclic esters (lactones) is 2. The quantitative estimate of drug-likeness (QED) is 0.628. The molecular weight excluding hydrogens is 264 g/mol. The first-order valence-electron chi connectivity index (χ1n) is 6.50. The molecule has 0 spiro atoms. The SMILES string of the molecule is C[C@@H]1C/C=C/C(=O)O[C@H](C)C[C@H](O)[C@H](O)/C=C/C(=O)O1. The molecule has 20 heavy (non-hydrogen) atoms. The van der Waals surface area contributed by atoms with Gasteiger partial charge in [0.25, 0.3) is 0 Å². The fourth-order valence-electron chi connectivity index (χ4n) is 1.71. The van der Waals surface area contributed by atoms with E-state index in [-0.39, 0.29) is 6.42 Å². The zero-order valence-electron chi connectivity index (χ0n) is 11.6. The van der Waals surface area contributed by atoms with E-state index in [2.05, 4.69) is 0 Å². The molecule has 0 aliphatic carbocycles. The van der Waals surface area contributed by atoms with Crippen LogP contribution in [0.1, 0.15) is 26.7 Å². The van der Waals surface area contributed by atoms with Gasteiger partial charge in [-0.3, -0.25) is 0 Å². The van der Waals surface area contributed by atoms with Crippen LogP contribution in [-0.4, -0.2) is 46.6 Å². The third kappa shape index (κ3) is 5.99. The van der Waals surface area contributed by atoms with Crippen molar-refractivity contribution in [2.45, 2.75) is 51.1 Å². The molecule has 6 nitrogen and oxygen atoms in total. The molecule has 0 amide bonds. The monoisotopic (exact) mass is 284 g/mol. The van der Waals surface area contributed by atoms with Gasteiger partial charge in [0.15, 0.2) is 0 Å². The highest BCUT2D eigenvalue weighted by molar-refractivity contribution is 5.82. The molecule has 0 bridgehead atoms. The summed E-state index contributed by atoms with van der Waals surface area (Å²) in [4.78, 5) is 22.9. The summed E-state index contributed by atoms with van der Waals surface area (Å²) in [6.45, 7) is 3.30. The number of ether oxygens (including phenoxy) is 2. The van der Waals surface area contributed by atoms with E-state index in [4.69, 9.17) is 9.47 Å². The summed E-state index contributed by atoms with van der Waals surface area (Å²) >= 11 is 0. The minimum absolute atomic E-state index is 0.0660. The van der Waals surface area contributed by atoms with Crippen LogP contribution in [-0.2, 0) is 19.1 Å². The molecule has 0 saturated heterocycles. The minimum atomic E-state index is -1.22. The normalized spacial score (nSPS) is 36.4. The molecule has 2 N–H and O–H groups in total. The fraction of sp³-hybridized carbons (Fsp3) is 0.571. The molecule has 0 radical (unpaired) electrons. The molecule has 6 heteroatoms. The number of carbonyl (C=O) groups excluding carboxylic acids is 2. The Bertz CT molecular complexity index is 400. The van der Waals surface area contributed by atoms with Crippen molar-refractivity contribution in [1.82, 2.24) is 0 Å². The van der Waals surface area contributed by atoms with E-state index >= 15 is 0 Å². The fourth-order valence-corrected chi connectivity index (χ4v) is 1.71. The van der Waals surface area contributed by atoms with Crippen LogP contribution in [0.4, 0.5) is 0 Å². The predicted molar refractivity (Wildman–Crippen MR) is 70.6 cm³/mol. The highest BCUT2D eigenvalue weighted by atomic mass is 16.5. The second-order valence-electron chi connectivity index (χ2n) is 4.79. The van der Waals surface area contributed by atoms with Gasteiger partial charge in [0, 0.05) is 25.0 Å². The molecule has 0 aromatic rings. The van der Waals surface area contributed by atoms with Gasteiger partial charge in [0.2, 0.25) is 0 Å². The van der Waals surface area contributed by atoms with Gasteiger partial charge in [0.05, 0.1) is 12.2 Å². The van der Waals surface area contributed by atoms with Crippen LogP contribution in [0.2, 0.25) is 0 Å². The molecule has 0 saturated carbocycles. The average molecular weight is 284 g/mol. The Kier molecular flexibility index (Phi) is 6.41. The van der Waals surface area contributed by atoms with Gasteiger partial charge in [-0.2, -0.15) is 0 Å². The maximum absolute atomic E-state index is 11.4. The summed E-state index contributed by atoms with van der Waals surface area (Å²) in [5, 5.41) is 19.4. The molecule has 1 rings (SSSR count). The second-order valence-corrected chi connectivity index (χ2v) is 4.79. The molecule has 112 valence electrons. The van der Waals surface area contributed by atoms with E-state index in [1.165, 1.54) is 6.08 Å². The zero-order valence-corrected chi connectivity index (χ0v) is 11.6. The smallest absolute Gasteiger partial charge is 0.330 e. The van der Waals surface area contributed by atoms with E-state index in [0.717, 1.165) is 12.2 Å². The molecule has 0 fully saturated rings. The average Bonchev–Trinajstić information content (AvgIpc) is 2.34. The van der Waals surface area contributed by atoms with Crippen LogP contribution in [0, 0.1) is 0 Å². The highest BCUT2D eigenvalue weighted by Crippen LogP contribution is 2.09. The topological polar surface area (TPSA) is 93.1 Å². The number of aliphatic hydroxyl groups excluding tert-OH is 2. The van der Waals surface area contributed by atoms with Gasteiger partial charge in [0.1, 0.15) is 12.2 Å². The summed E-state index contributed by atoms with van der Waals surface area (Å²) in [7, 11) is 0. The van der Waals surface area contributed by atoms with Gasteiger partial charge in [-0.1, -0.05) is 6.08 Å². The van der Waals surface area contributed by atoms with Crippen LogP contribution in [0.3, 0.4) is 0 Å². The summed E-state index contributed by atoms with van der Waals surface area (Å²) in [6.07, 6.45) is 2.20. The van der Waals surface area contributed by atoms with Gasteiger partial charge in [-0.15, -0.1) is 0 Å². The van der Waals surface area contributed by atoms with Crippen molar-refractivity contribution >= 4 is 11.9 Å². The lowest BCUT2D eigenvalue weighted by atomic mass is 10.1. The van der Waals surface area contributed by atoms with Gasteiger partial charge < -0.3 is 19.7 Å². The number of aliphatic hydroxyl groups is 2. The maximum Gasteiger partial charge on any atom is 0.330 e. The minimum Gasteiger partial charge on any atom is -0.459 e. The Balaban J connectivity index is 2.79. The number of hydrogen-bond acceptors (Lipinski definition) is 6. The van der Waals surface area contributed by atoms with Crippen molar-refractivity contribution < 1.29 is 29.3 Å². The summed E-state index contributed by atoms with van der Waals surface area (Å²) in [6, 6.07) is 0. The Morgan fingerprint density at radius 2 is 1.65 bits per heavy atom. The van der Waals surface area contributed by atoms with Crippen molar-refractivity contribution in [2.24, 2.45) is 0 Å². The standard InChI is InChI=1S/C14H20O6/c1-9-4-3-5-13(17)20-10(2)8-12(16)11(15)6-7-14(18)19-9/h3,5-7,9-12,15-16H,4,8H2,1-2H3/b5-3+,7-6+/t9-,10-,11-,12+/m1/s1. The number of rotatable bonds is 0. The lowest BCUT2D eigenvalue weighted by Gasteiger charge is -2.19. The largest absolute Gasteiger partial charge is 0.459 e. The van der Waals surface area contributed by atoms with Gasteiger partial charge >= 0.3 is 11.9 Å². The molecule has 1 aliphatic rings. The lowest BCUT2D eigenvalue weighted by molar-refractivity contribution is -0.144. The first-order valence-corrected chi connectivity index (χ1v) is 6.50. The Labute approximate surface area is 117 Å². The summed E-state index contributed by atoms with van der Waals surface area (Å²) in [5.74, 6) is -1.14. The maximum atomic E-state index is 11.4. The number of esters is 2. The van der Waals surface area contributed by atoms with Crippen molar-refractivity contribution in [1.29, 1.82) is 0 Å². The van der Waals surface area contributed by atoms with Crippen molar-refractivity contribution in [3.63, 3.8) is 0 Å². The first kappa shape index (κ1) is 16.4. The summed E-state index contributed by atoms with van der Waals surface area (Å²) in [5.41, 5.74) is 0. The molecule has 0 aromatic carbocycles. The van der Waals surface area contributed by atoms with Crippen molar-refractivity contribution in [3.05, 3.63) is 24.3 Å². The van der Waals surface area contributed by atoms with E-state index in [1.54, 1.807) is 19.9 Å². The Hall–Kier alpha value is -1.66.